The molecule has 2 aromatic rings. The highest BCUT2D eigenvalue weighted by Gasteiger charge is 2.33. The van der Waals surface area contributed by atoms with E-state index in [0.29, 0.717) is 22.6 Å². The lowest BCUT2D eigenvalue weighted by molar-refractivity contribution is 0.0893. The molecule has 0 spiro atoms. The molecule has 0 fully saturated rings. The van der Waals surface area contributed by atoms with Gasteiger partial charge in [0.1, 0.15) is 17.1 Å². The van der Waals surface area contributed by atoms with Crippen molar-refractivity contribution in [1.29, 1.82) is 0 Å². The van der Waals surface area contributed by atoms with E-state index in [1.165, 1.54) is 24.1 Å². The molecule has 1 unspecified atom stereocenters. The van der Waals surface area contributed by atoms with E-state index in [1.54, 1.807) is 33.0 Å². The number of ether oxygens (including phenoxy) is 1. The minimum Gasteiger partial charge on any atom is -0.493 e. The minimum atomic E-state index is -1.38. The molecule has 19 heavy (non-hydrogen) atoms. The second-order valence-corrected chi connectivity index (χ2v) is 4.72. The molecule has 1 N–H and O–H groups in total. The van der Waals surface area contributed by atoms with E-state index in [1.807, 2.05) is 0 Å². The quantitative estimate of drug-likeness (QED) is 0.923. The fraction of sp³-hybridized carbons (Fsp3) is 0.357. The lowest BCUT2D eigenvalue weighted by Crippen LogP contribution is -2.27. The standard InChI is InChI=1S/C14H17FN2O2/c1-9-5-6-10(7-11(9)15)14(2,18)13-12(19-4)8-16-17(13)3/h5-8,18H,1-4H3. The number of methoxy groups -OCH3 is 1. The molecule has 1 heterocycles. The summed E-state index contributed by atoms with van der Waals surface area (Å²) in [6, 6.07) is 4.68. The first-order valence-corrected chi connectivity index (χ1v) is 5.93. The highest BCUT2D eigenvalue weighted by Crippen LogP contribution is 2.35. The van der Waals surface area contributed by atoms with E-state index in [4.69, 9.17) is 4.74 Å². The molecule has 5 heteroatoms. The molecule has 1 aromatic carbocycles. The van der Waals surface area contributed by atoms with Crippen LogP contribution in [0.3, 0.4) is 0 Å². The zero-order chi connectivity index (χ0) is 14.2. The Morgan fingerprint density at radius 2 is 2.11 bits per heavy atom. The first kappa shape index (κ1) is 13.5. The third-order valence-electron chi connectivity index (χ3n) is 3.32. The lowest BCUT2D eigenvalue weighted by Gasteiger charge is -2.25. The number of halogens is 1. The maximum atomic E-state index is 13.7. The van der Waals surface area contributed by atoms with Crippen LogP contribution in [0.2, 0.25) is 0 Å². The third kappa shape index (κ3) is 2.21. The van der Waals surface area contributed by atoms with Gasteiger partial charge in [-0.15, -0.1) is 0 Å². The van der Waals surface area contributed by atoms with E-state index in [0.717, 1.165) is 0 Å². The molecule has 2 rings (SSSR count). The SMILES string of the molecule is COc1cnn(C)c1C(C)(O)c1ccc(C)c(F)c1. The summed E-state index contributed by atoms with van der Waals surface area (Å²) in [4.78, 5) is 0. The molecule has 1 atom stereocenters. The number of hydrogen-bond acceptors (Lipinski definition) is 3. The molecular formula is C14H17FN2O2. The van der Waals surface area contributed by atoms with Crippen LogP contribution in [0.4, 0.5) is 4.39 Å². The average Bonchev–Trinajstić information content (AvgIpc) is 2.74. The van der Waals surface area contributed by atoms with E-state index in [9.17, 15) is 9.50 Å². The molecule has 0 saturated carbocycles. The molecule has 1 aromatic heterocycles. The van der Waals surface area contributed by atoms with E-state index in [-0.39, 0.29) is 5.82 Å². The number of aryl methyl sites for hydroxylation is 2. The fourth-order valence-electron chi connectivity index (χ4n) is 2.15. The van der Waals surface area contributed by atoms with Crippen molar-refractivity contribution in [2.45, 2.75) is 19.4 Å². The second-order valence-electron chi connectivity index (χ2n) is 4.72. The van der Waals surface area contributed by atoms with Crippen LogP contribution in [-0.4, -0.2) is 22.0 Å². The van der Waals surface area contributed by atoms with Crippen LogP contribution in [0.1, 0.15) is 23.7 Å². The maximum Gasteiger partial charge on any atom is 0.163 e. The number of aromatic nitrogens is 2. The van der Waals surface area contributed by atoms with Crippen LogP contribution in [-0.2, 0) is 12.6 Å². The van der Waals surface area contributed by atoms with Crippen molar-refractivity contribution in [2.24, 2.45) is 7.05 Å². The highest BCUT2D eigenvalue weighted by molar-refractivity contribution is 5.40. The van der Waals surface area contributed by atoms with Gasteiger partial charge in [-0.3, -0.25) is 4.68 Å². The molecule has 4 nitrogen and oxygen atoms in total. The first-order valence-electron chi connectivity index (χ1n) is 5.93. The normalized spacial score (nSPS) is 14.2. The summed E-state index contributed by atoms with van der Waals surface area (Å²) in [6.45, 7) is 3.27. The van der Waals surface area contributed by atoms with Gasteiger partial charge < -0.3 is 9.84 Å². The number of hydrogen-bond donors (Lipinski definition) is 1. The average molecular weight is 264 g/mol. The van der Waals surface area contributed by atoms with Gasteiger partial charge in [0.2, 0.25) is 0 Å². The predicted molar refractivity (Wildman–Crippen MR) is 69.6 cm³/mol. The molecular weight excluding hydrogens is 247 g/mol. The Hall–Kier alpha value is -1.88. The number of aliphatic hydroxyl groups is 1. The van der Waals surface area contributed by atoms with Gasteiger partial charge in [0, 0.05) is 7.05 Å². The summed E-state index contributed by atoms with van der Waals surface area (Å²) in [6.07, 6.45) is 1.52. The highest BCUT2D eigenvalue weighted by atomic mass is 19.1. The van der Waals surface area contributed by atoms with Gasteiger partial charge in [0.25, 0.3) is 0 Å². The Morgan fingerprint density at radius 3 is 2.68 bits per heavy atom. The zero-order valence-corrected chi connectivity index (χ0v) is 11.4. The van der Waals surface area contributed by atoms with Crippen molar-refractivity contribution < 1.29 is 14.2 Å². The van der Waals surface area contributed by atoms with Crippen LogP contribution in [0.15, 0.2) is 24.4 Å². The smallest absolute Gasteiger partial charge is 0.163 e. The van der Waals surface area contributed by atoms with Gasteiger partial charge in [-0.2, -0.15) is 5.10 Å². The molecule has 0 aliphatic rings. The van der Waals surface area contributed by atoms with Crippen LogP contribution < -0.4 is 4.74 Å². The topological polar surface area (TPSA) is 47.3 Å². The van der Waals surface area contributed by atoms with Crippen molar-refractivity contribution >= 4 is 0 Å². The van der Waals surface area contributed by atoms with Crippen molar-refractivity contribution in [1.82, 2.24) is 9.78 Å². The summed E-state index contributed by atoms with van der Waals surface area (Å²) in [5, 5.41) is 14.8. The fourth-order valence-corrected chi connectivity index (χ4v) is 2.15. The molecule has 0 bridgehead atoms. The van der Waals surface area contributed by atoms with Crippen LogP contribution in [0.25, 0.3) is 0 Å². The minimum absolute atomic E-state index is 0.348. The van der Waals surface area contributed by atoms with Crippen molar-refractivity contribution in [3.8, 4) is 5.75 Å². The monoisotopic (exact) mass is 264 g/mol. The van der Waals surface area contributed by atoms with E-state index >= 15 is 0 Å². The molecule has 0 saturated heterocycles. The Balaban J connectivity index is 2.57. The zero-order valence-electron chi connectivity index (χ0n) is 11.4. The summed E-state index contributed by atoms with van der Waals surface area (Å²) < 4.78 is 20.4. The van der Waals surface area contributed by atoms with E-state index < -0.39 is 5.60 Å². The van der Waals surface area contributed by atoms with Crippen LogP contribution in [0.5, 0.6) is 5.75 Å². The van der Waals surface area contributed by atoms with Crippen LogP contribution >= 0.6 is 0 Å². The van der Waals surface area contributed by atoms with Gasteiger partial charge in [-0.1, -0.05) is 12.1 Å². The van der Waals surface area contributed by atoms with Crippen molar-refractivity contribution in [3.05, 3.63) is 47.0 Å². The third-order valence-corrected chi connectivity index (χ3v) is 3.32. The molecule has 0 radical (unpaired) electrons. The summed E-state index contributed by atoms with van der Waals surface area (Å²) in [5.74, 6) is 0.118. The van der Waals surface area contributed by atoms with Crippen molar-refractivity contribution in [2.75, 3.05) is 7.11 Å². The van der Waals surface area contributed by atoms with Crippen molar-refractivity contribution in [3.63, 3.8) is 0 Å². The van der Waals surface area contributed by atoms with Crippen LogP contribution in [0, 0.1) is 12.7 Å². The Morgan fingerprint density at radius 1 is 1.42 bits per heavy atom. The van der Waals surface area contributed by atoms with E-state index in [2.05, 4.69) is 5.10 Å². The molecule has 0 amide bonds. The van der Waals surface area contributed by atoms with Gasteiger partial charge >= 0.3 is 0 Å². The molecule has 0 aliphatic heterocycles. The van der Waals surface area contributed by atoms with Gasteiger partial charge in [-0.25, -0.2) is 4.39 Å². The number of rotatable bonds is 3. The van der Waals surface area contributed by atoms with Gasteiger partial charge in [0.15, 0.2) is 5.75 Å². The predicted octanol–water partition coefficient (Wildman–Crippen LogP) is 2.13. The number of nitrogens with zero attached hydrogens (tertiary/aromatic N) is 2. The Bertz CT molecular complexity index is 605. The summed E-state index contributed by atoms with van der Waals surface area (Å²) in [7, 11) is 3.21. The summed E-state index contributed by atoms with van der Waals surface area (Å²) >= 11 is 0. The lowest BCUT2D eigenvalue weighted by atomic mass is 9.91. The Labute approximate surface area is 111 Å². The molecule has 102 valence electrons. The maximum absolute atomic E-state index is 13.7. The first-order chi connectivity index (χ1) is 8.87. The molecule has 0 aliphatic carbocycles. The summed E-state index contributed by atoms with van der Waals surface area (Å²) in [5.41, 5.74) is 0.0952. The van der Waals surface area contributed by atoms with Gasteiger partial charge in [0.05, 0.1) is 13.3 Å². The van der Waals surface area contributed by atoms with Gasteiger partial charge in [-0.05, 0) is 31.0 Å². The number of benzene rings is 1. The largest absolute Gasteiger partial charge is 0.493 e. The Kier molecular flexibility index (Phi) is 3.32. The second kappa shape index (κ2) is 4.66.